The maximum atomic E-state index is 12.4. The number of aromatic amines is 2. The van der Waals surface area contributed by atoms with E-state index in [1.165, 1.54) is 6.07 Å². The van der Waals surface area contributed by atoms with Crippen molar-refractivity contribution in [3.8, 4) is 28.5 Å². The number of hydrogen-bond donors (Lipinski definition) is 2. The van der Waals surface area contributed by atoms with Gasteiger partial charge in [-0.25, -0.2) is 9.97 Å². The number of hydrogen-bond acceptors (Lipinski definition) is 4. The molecule has 2 N–H and O–H groups in total. The van der Waals surface area contributed by atoms with E-state index in [0.29, 0.717) is 22.3 Å². The normalized spacial score (nSPS) is 11.0. The van der Waals surface area contributed by atoms with Crippen molar-refractivity contribution < 1.29 is 0 Å². The second-order valence-corrected chi connectivity index (χ2v) is 6.45. The standard InChI is InChI=1S/C22H13N5O/c23-11-13-2-1-3-15(8-13)21-16(10-17-20(28)6-7-24-22(17)27-21)14-4-5-18-19(9-14)26-12-25-18/h1-10,12H,(H,25,26)(H,24,27,28). The van der Waals surface area contributed by atoms with Crippen LogP contribution < -0.4 is 5.43 Å². The molecule has 132 valence electrons. The van der Waals surface area contributed by atoms with E-state index in [1.807, 2.05) is 36.4 Å². The maximum absolute atomic E-state index is 12.4. The highest BCUT2D eigenvalue weighted by molar-refractivity contribution is 5.92. The van der Waals surface area contributed by atoms with Gasteiger partial charge in [-0.2, -0.15) is 5.26 Å². The largest absolute Gasteiger partial charge is 0.346 e. The van der Waals surface area contributed by atoms with Gasteiger partial charge in [0.05, 0.1) is 40.1 Å². The zero-order valence-electron chi connectivity index (χ0n) is 14.6. The molecule has 5 rings (SSSR count). The molecule has 3 aromatic heterocycles. The third-order valence-corrected chi connectivity index (χ3v) is 4.74. The van der Waals surface area contributed by atoms with Gasteiger partial charge in [0, 0.05) is 23.4 Å². The minimum absolute atomic E-state index is 0.0966. The van der Waals surface area contributed by atoms with Crippen molar-refractivity contribution in [3.63, 3.8) is 0 Å². The fraction of sp³-hybridized carbons (Fsp3) is 0. The van der Waals surface area contributed by atoms with Crippen LogP contribution in [0.5, 0.6) is 0 Å². The van der Waals surface area contributed by atoms with Gasteiger partial charge in [-0.15, -0.1) is 0 Å². The third-order valence-electron chi connectivity index (χ3n) is 4.74. The van der Waals surface area contributed by atoms with Gasteiger partial charge < -0.3 is 9.97 Å². The number of aromatic nitrogens is 4. The fourth-order valence-electron chi connectivity index (χ4n) is 3.37. The molecule has 0 atom stereocenters. The third kappa shape index (κ3) is 2.54. The Hall–Kier alpha value is -4.24. The molecule has 3 heterocycles. The van der Waals surface area contributed by atoms with E-state index in [4.69, 9.17) is 4.98 Å². The molecule has 2 aromatic carbocycles. The van der Waals surface area contributed by atoms with E-state index in [1.54, 1.807) is 24.7 Å². The molecule has 28 heavy (non-hydrogen) atoms. The van der Waals surface area contributed by atoms with Crippen LogP contribution in [0.3, 0.4) is 0 Å². The molecule has 0 unspecified atom stereocenters. The Morgan fingerprint density at radius 3 is 2.79 bits per heavy atom. The summed E-state index contributed by atoms with van der Waals surface area (Å²) in [5, 5.41) is 9.78. The van der Waals surface area contributed by atoms with Gasteiger partial charge in [0.1, 0.15) is 5.65 Å². The number of benzene rings is 2. The van der Waals surface area contributed by atoms with Crippen molar-refractivity contribution >= 4 is 22.1 Å². The summed E-state index contributed by atoms with van der Waals surface area (Å²) in [7, 11) is 0. The zero-order chi connectivity index (χ0) is 19.1. The van der Waals surface area contributed by atoms with Crippen LogP contribution in [0, 0.1) is 11.3 Å². The Balaban J connectivity index is 1.85. The summed E-state index contributed by atoms with van der Waals surface area (Å²) in [4.78, 5) is 27.5. The molecule has 0 aliphatic rings. The van der Waals surface area contributed by atoms with Gasteiger partial charge in [-0.1, -0.05) is 18.2 Å². The van der Waals surface area contributed by atoms with Crippen LogP contribution >= 0.6 is 0 Å². The monoisotopic (exact) mass is 363 g/mol. The predicted octanol–water partition coefficient (Wildman–Crippen LogP) is 4.01. The van der Waals surface area contributed by atoms with E-state index in [0.717, 1.165) is 27.7 Å². The average Bonchev–Trinajstić information content (AvgIpc) is 3.21. The maximum Gasteiger partial charge on any atom is 0.191 e. The Kier molecular flexibility index (Phi) is 3.53. The Morgan fingerprint density at radius 2 is 1.89 bits per heavy atom. The van der Waals surface area contributed by atoms with Crippen molar-refractivity contribution in [3.05, 3.63) is 82.9 Å². The highest BCUT2D eigenvalue weighted by Gasteiger charge is 2.14. The SMILES string of the molecule is N#Cc1cccc(-c2nc3[nH]ccc(=O)c3cc2-c2ccc3[nH]cnc3c2)c1. The summed E-state index contributed by atoms with van der Waals surface area (Å²) < 4.78 is 0. The molecule has 0 saturated heterocycles. The number of H-pyrrole nitrogens is 2. The van der Waals surface area contributed by atoms with Gasteiger partial charge in [0.15, 0.2) is 5.43 Å². The number of nitrogens with zero attached hydrogens (tertiary/aromatic N) is 3. The molecule has 0 aliphatic heterocycles. The molecule has 0 radical (unpaired) electrons. The zero-order valence-corrected chi connectivity index (χ0v) is 14.6. The van der Waals surface area contributed by atoms with Crippen LogP contribution in [0.25, 0.3) is 44.5 Å². The van der Waals surface area contributed by atoms with E-state index in [9.17, 15) is 10.1 Å². The number of fused-ring (bicyclic) bond motifs is 2. The number of pyridine rings is 2. The minimum Gasteiger partial charge on any atom is -0.346 e. The van der Waals surface area contributed by atoms with Gasteiger partial charge in [0.25, 0.3) is 0 Å². The molecule has 0 amide bonds. The minimum atomic E-state index is -0.0966. The number of nitriles is 1. The quantitative estimate of drug-likeness (QED) is 0.495. The van der Waals surface area contributed by atoms with E-state index < -0.39 is 0 Å². The molecule has 0 bridgehead atoms. The van der Waals surface area contributed by atoms with Crippen LogP contribution in [0.4, 0.5) is 0 Å². The van der Waals surface area contributed by atoms with Crippen LogP contribution in [-0.2, 0) is 0 Å². The van der Waals surface area contributed by atoms with Crippen LogP contribution in [-0.4, -0.2) is 19.9 Å². The summed E-state index contributed by atoms with van der Waals surface area (Å²) in [6.07, 6.45) is 3.23. The summed E-state index contributed by atoms with van der Waals surface area (Å²) in [6.45, 7) is 0. The smallest absolute Gasteiger partial charge is 0.191 e. The van der Waals surface area contributed by atoms with Gasteiger partial charge in [-0.3, -0.25) is 4.79 Å². The highest BCUT2D eigenvalue weighted by atomic mass is 16.1. The van der Waals surface area contributed by atoms with Crippen molar-refractivity contribution in [1.82, 2.24) is 19.9 Å². The lowest BCUT2D eigenvalue weighted by Gasteiger charge is -2.11. The Labute approximate surface area is 159 Å². The molecule has 0 aliphatic carbocycles. The first-order valence-corrected chi connectivity index (χ1v) is 8.69. The second kappa shape index (κ2) is 6.18. The predicted molar refractivity (Wildman–Crippen MR) is 108 cm³/mol. The molecular formula is C22H13N5O. The first-order valence-electron chi connectivity index (χ1n) is 8.69. The number of rotatable bonds is 2. The second-order valence-electron chi connectivity index (χ2n) is 6.45. The topological polar surface area (TPSA) is 98.2 Å². The summed E-state index contributed by atoms with van der Waals surface area (Å²) >= 11 is 0. The van der Waals surface area contributed by atoms with Crippen LogP contribution in [0.1, 0.15) is 5.56 Å². The first kappa shape index (κ1) is 16.0. The van der Waals surface area contributed by atoms with E-state index in [-0.39, 0.29) is 5.43 Å². The highest BCUT2D eigenvalue weighted by Crippen LogP contribution is 2.33. The van der Waals surface area contributed by atoms with Crippen molar-refractivity contribution in [1.29, 1.82) is 5.26 Å². The molecule has 0 saturated carbocycles. The molecule has 0 fully saturated rings. The summed E-state index contributed by atoms with van der Waals surface area (Å²) in [5.74, 6) is 0. The summed E-state index contributed by atoms with van der Waals surface area (Å²) in [5.41, 5.74) is 5.94. The molecule has 6 heteroatoms. The van der Waals surface area contributed by atoms with Crippen LogP contribution in [0.15, 0.2) is 71.9 Å². The molecule has 5 aromatic rings. The van der Waals surface area contributed by atoms with Crippen LogP contribution in [0.2, 0.25) is 0 Å². The lowest BCUT2D eigenvalue weighted by atomic mass is 9.97. The Morgan fingerprint density at radius 1 is 0.964 bits per heavy atom. The van der Waals surface area contributed by atoms with Gasteiger partial charge >= 0.3 is 0 Å². The van der Waals surface area contributed by atoms with E-state index in [2.05, 4.69) is 21.0 Å². The van der Waals surface area contributed by atoms with Crippen molar-refractivity contribution in [2.75, 3.05) is 0 Å². The van der Waals surface area contributed by atoms with Gasteiger partial charge in [-0.05, 0) is 35.9 Å². The fourth-order valence-corrected chi connectivity index (χ4v) is 3.37. The molecular weight excluding hydrogens is 350 g/mol. The Bertz CT molecular complexity index is 1460. The molecule has 6 nitrogen and oxygen atoms in total. The average molecular weight is 363 g/mol. The van der Waals surface area contributed by atoms with Gasteiger partial charge in [0.2, 0.25) is 0 Å². The van der Waals surface area contributed by atoms with Crippen molar-refractivity contribution in [2.24, 2.45) is 0 Å². The summed E-state index contributed by atoms with van der Waals surface area (Å²) in [6, 6.07) is 18.7. The first-order chi connectivity index (χ1) is 13.7. The van der Waals surface area contributed by atoms with Crippen molar-refractivity contribution in [2.45, 2.75) is 0 Å². The number of nitrogens with one attached hydrogen (secondary N) is 2. The van der Waals surface area contributed by atoms with E-state index >= 15 is 0 Å². The lowest BCUT2D eigenvalue weighted by molar-refractivity contribution is 1.28. The molecule has 0 spiro atoms. The lowest BCUT2D eigenvalue weighted by Crippen LogP contribution is -2.03. The number of imidazole rings is 1.